The van der Waals surface area contributed by atoms with Crippen LogP contribution in [0.4, 0.5) is 0 Å². The average molecular weight is 328 g/mol. The highest BCUT2D eigenvalue weighted by molar-refractivity contribution is 5.93. The van der Waals surface area contributed by atoms with Crippen LogP contribution in [0.2, 0.25) is 0 Å². The summed E-state index contributed by atoms with van der Waals surface area (Å²) in [5.41, 5.74) is 1.29. The van der Waals surface area contributed by atoms with Gasteiger partial charge in [0.05, 0.1) is 6.33 Å². The van der Waals surface area contributed by atoms with Gasteiger partial charge in [-0.3, -0.25) is 9.59 Å². The molecule has 0 saturated carbocycles. The molecule has 2 aromatic rings. The lowest BCUT2D eigenvalue weighted by Crippen LogP contribution is -2.43. The number of H-pyrrole nitrogens is 2. The van der Waals surface area contributed by atoms with E-state index in [4.69, 9.17) is 0 Å². The number of aromatic nitrogens is 4. The van der Waals surface area contributed by atoms with Gasteiger partial charge in [-0.15, -0.1) is 0 Å². The Hall–Kier alpha value is -2.64. The van der Waals surface area contributed by atoms with Gasteiger partial charge in [0.25, 0.3) is 11.8 Å². The minimum Gasteiger partial charge on any atom is -0.348 e. The lowest BCUT2D eigenvalue weighted by Gasteiger charge is -2.33. The van der Waals surface area contributed by atoms with E-state index in [9.17, 15) is 9.59 Å². The lowest BCUT2D eigenvalue weighted by molar-refractivity contribution is 0.0631. The molecule has 2 atom stereocenters. The van der Waals surface area contributed by atoms with Crippen LogP contribution in [-0.4, -0.2) is 67.7 Å². The van der Waals surface area contributed by atoms with Gasteiger partial charge in [0.15, 0.2) is 5.82 Å². The van der Waals surface area contributed by atoms with E-state index in [0.29, 0.717) is 43.0 Å². The number of nitrogens with zero attached hydrogens (tertiary/aromatic N) is 4. The number of amides is 2. The Morgan fingerprint density at radius 3 is 2.58 bits per heavy atom. The maximum absolute atomic E-state index is 12.6. The summed E-state index contributed by atoms with van der Waals surface area (Å²) in [6.45, 7) is 4.67. The Morgan fingerprint density at radius 2 is 1.88 bits per heavy atom. The second kappa shape index (κ2) is 5.77. The second-order valence-electron chi connectivity index (χ2n) is 6.58. The van der Waals surface area contributed by atoms with Crippen molar-refractivity contribution in [3.63, 3.8) is 0 Å². The number of rotatable bonds is 2. The Balaban J connectivity index is 1.43. The second-order valence-corrected chi connectivity index (χ2v) is 6.58. The van der Waals surface area contributed by atoms with E-state index in [1.54, 1.807) is 18.7 Å². The van der Waals surface area contributed by atoms with Crippen molar-refractivity contribution in [1.29, 1.82) is 0 Å². The van der Waals surface area contributed by atoms with Gasteiger partial charge in [-0.05, 0) is 25.2 Å². The molecule has 2 amide bonds. The van der Waals surface area contributed by atoms with E-state index in [1.165, 1.54) is 0 Å². The van der Waals surface area contributed by atoms with Crippen molar-refractivity contribution in [1.82, 2.24) is 29.7 Å². The number of aromatic amines is 2. The van der Waals surface area contributed by atoms with Crippen LogP contribution in [0, 0.1) is 18.8 Å². The van der Waals surface area contributed by atoms with Gasteiger partial charge in [-0.2, -0.15) is 0 Å². The van der Waals surface area contributed by atoms with Gasteiger partial charge in [0.1, 0.15) is 5.69 Å². The first-order chi connectivity index (χ1) is 11.6. The largest absolute Gasteiger partial charge is 0.348 e. The number of carbonyl (C=O) groups is 2. The summed E-state index contributed by atoms with van der Waals surface area (Å²) >= 11 is 0. The highest BCUT2D eigenvalue weighted by Gasteiger charge is 2.41. The van der Waals surface area contributed by atoms with Crippen LogP contribution in [0.1, 0.15) is 33.2 Å². The average Bonchev–Trinajstić information content (AvgIpc) is 3.32. The molecule has 2 N–H and O–H groups in total. The molecule has 0 radical (unpaired) electrons. The standard InChI is InChI=1S/C16H20N6O2/c1-10-13(20-9-19-10)15(23)22-6-11-2-5-21(7-12(11)8-22)16(24)14-17-3-4-18-14/h3-4,9,11-12H,2,5-8H2,1H3,(H,17,18)(H,19,20)/t11-,12+/m1/s1. The molecule has 4 heterocycles. The van der Waals surface area contributed by atoms with Crippen LogP contribution in [0.3, 0.4) is 0 Å². The van der Waals surface area contributed by atoms with Gasteiger partial charge >= 0.3 is 0 Å². The third kappa shape index (κ3) is 2.47. The maximum atomic E-state index is 12.6. The first kappa shape index (κ1) is 14.9. The van der Waals surface area contributed by atoms with Crippen LogP contribution >= 0.6 is 0 Å². The Bertz CT molecular complexity index is 752. The van der Waals surface area contributed by atoms with Crippen molar-refractivity contribution in [2.75, 3.05) is 26.2 Å². The molecule has 0 spiro atoms. The normalized spacial score (nSPS) is 23.4. The third-order valence-electron chi connectivity index (χ3n) is 5.11. The fourth-order valence-corrected chi connectivity index (χ4v) is 3.78. The third-order valence-corrected chi connectivity index (χ3v) is 5.11. The number of aryl methyl sites for hydroxylation is 1. The molecule has 2 saturated heterocycles. The van der Waals surface area contributed by atoms with Gasteiger partial charge in [0.2, 0.25) is 0 Å². The fourth-order valence-electron chi connectivity index (χ4n) is 3.78. The molecule has 24 heavy (non-hydrogen) atoms. The zero-order valence-corrected chi connectivity index (χ0v) is 13.5. The minimum atomic E-state index is -0.0635. The highest BCUT2D eigenvalue weighted by atomic mass is 16.2. The first-order valence-electron chi connectivity index (χ1n) is 8.21. The Labute approximate surface area is 139 Å². The number of hydrogen-bond acceptors (Lipinski definition) is 4. The number of fused-ring (bicyclic) bond motifs is 1. The highest BCUT2D eigenvalue weighted by Crippen LogP contribution is 2.32. The molecule has 2 aliphatic rings. The van der Waals surface area contributed by atoms with Crippen molar-refractivity contribution < 1.29 is 9.59 Å². The summed E-state index contributed by atoms with van der Waals surface area (Å²) in [5.74, 6) is 1.07. The molecule has 0 unspecified atom stereocenters. The van der Waals surface area contributed by atoms with Gasteiger partial charge in [0, 0.05) is 44.3 Å². The van der Waals surface area contributed by atoms with Crippen molar-refractivity contribution in [2.45, 2.75) is 13.3 Å². The molecule has 126 valence electrons. The Kier molecular flexibility index (Phi) is 3.59. The number of likely N-dealkylation sites (tertiary alicyclic amines) is 2. The predicted octanol–water partition coefficient (Wildman–Crippen LogP) is 0.676. The van der Waals surface area contributed by atoms with E-state index in [0.717, 1.165) is 18.7 Å². The van der Waals surface area contributed by atoms with E-state index >= 15 is 0 Å². The van der Waals surface area contributed by atoms with Gasteiger partial charge < -0.3 is 19.8 Å². The summed E-state index contributed by atoms with van der Waals surface area (Å²) in [7, 11) is 0. The van der Waals surface area contributed by atoms with Crippen LogP contribution in [0.25, 0.3) is 0 Å². The smallest absolute Gasteiger partial charge is 0.289 e. The van der Waals surface area contributed by atoms with Gasteiger partial charge in [-0.1, -0.05) is 0 Å². The minimum absolute atomic E-state index is 0.0212. The molecule has 8 nitrogen and oxygen atoms in total. The summed E-state index contributed by atoms with van der Waals surface area (Å²) < 4.78 is 0. The summed E-state index contributed by atoms with van der Waals surface area (Å²) in [6.07, 6.45) is 5.71. The summed E-state index contributed by atoms with van der Waals surface area (Å²) in [5, 5.41) is 0. The fraction of sp³-hybridized carbons (Fsp3) is 0.500. The van der Waals surface area contributed by atoms with Crippen LogP contribution in [-0.2, 0) is 0 Å². The van der Waals surface area contributed by atoms with Crippen molar-refractivity contribution in [3.05, 3.63) is 35.9 Å². The molecule has 0 aromatic carbocycles. The molecule has 8 heteroatoms. The predicted molar refractivity (Wildman–Crippen MR) is 85.3 cm³/mol. The Morgan fingerprint density at radius 1 is 1.08 bits per heavy atom. The number of hydrogen-bond donors (Lipinski definition) is 2. The summed E-state index contributed by atoms with van der Waals surface area (Å²) in [4.78, 5) is 42.8. The SMILES string of the molecule is Cc1[nH]cnc1C(=O)N1C[C@H]2CCN(C(=O)c3ncc[nH]3)C[C@H]2C1. The van der Waals surface area contributed by atoms with Crippen LogP contribution in [0.5, 0.6) is 0 Å². The maximum Gasteiger partial charge on any atom is 0.289 e. The molecule has 4 rings (SSSR count). The topological polar surface area (TPSA) is 98.0 Å². The van der Waals surface area contributed by atoms with Crippen molar-refractivity contribution in [2.24, 2.45) is 11.8 Å². The monoisotopic (exact) mass is 328 g/mol. The zero-order valence-electron chi connectivity index (χ0n) is 13.5. The molecule has 2 aliphatic heterocycles. The molecule has 2 fully saturated rings. The van der Waals surface area contributed by atoms with E-state index in [1.807, 2.05) is 16.7 Å². The number of nitrogens with one attached hydrogen (secondary N) is 2. The first-order valence-corrected chi connectivity index (χ1v) is 8.21. The van der Waals surface area contributed by atoms with Crippen LogP contribution < -0.4 is 0 Å². The molecule has 2 aromatic heterocycles. The molecular weight excluding hydrogens is 308 g/mol. The van der Waals surface area contributed by atoms with E-state index in [2.05, 4.69) is 19.9 Å². The van der Waals surface area contributed by atoms with Crippen molar-refractivity contribution >= 4 is 11.8 Å². The number of piperidine rings is 1. The quantitative estimate of drug-likeness (QED) is 0.847. The van der Waals surface area contributed by atoms with E-state index < -0.39 is 0 Å². The van der Waals surface area contributed by atoms with Crippen LogP contribution in [0.15, 0.2) is 18.7 Å². The zero-order chi connectivity index (χ0) is 16.7. The number of imidazole rings is 2. The van der Waals surface area contributed by atoms with Gasteiger partial charge in [-0.25, -0.2) is 9.97 Å². The molecule has 0 aliphatic carbocycles. The molecular formula is C16H20N6O2. The summed E-state index contributed by atoms with van der Waals surface area (Å²) in [6, 6.07) is 0. The number of carbonyl (C=O) groups excluding carboxylic acids is 2. The van der Waals surface area contributed by atoms with E-state index in [-0.39, 0.29) is 11.8 Å². The lowest BCUT2D eigenvalue weighted by atomic mass is 9.89. The van der Waals surface area contributed by atoms with Crippen molar-refractivity contribution in [3.8, 4) is 0 Å². The molecule has 0 bridgehead atoms.